The number of thioether (sulfide) groups is 1. The minimum absolute atomic E-state index is 0.0792. The van der Waals surface area contributed by atoms with Crippen LogP contribution in [0.4, 0.5) is 4.39 Å². The average Bonchev–Trinajstić information content (AvgIpc) is 1.99. The van der Waals surface area contributed by atoms with Gasteiger partial charge < -0.3 is 5.11 Å². The van der Waals surface area contributed by atoms with Gasteiger partial charge in [0.25, 0.3) is 0 Å². The molecule has 82 valence electrons. The zero-order chi connectivity index (χ0) is 11.6. The molecule has 0 saturated heterocycles. The van der Waals surface area contributed by atoms with Crippen molar-refractivity contribution in [1.82, 2.24) is 4.98 Å². The fourth-order valence-corrected chi connectivity index (χ4v) is 1.84. The van der Waals surface area contributed by atoms with Gasteiger partial charge in [0.05, 0.1) is 5.03 Å². The van der Waals surface area contributed by atoms with Crippen molar-refractivity contribution in [3.05, 3.63) is 23.6 Å². The van der Waals surface area contributed by atoms with E-state index in [0.717, 1.165) is 0 Å². The summed E-state index contributed by atoms with van der Waals surface area (Å²) >= 11 is 1.39. The zero-order valence-corrected chi connectivity index (χ0v) is 9.56. The zero-order valence-electron chi connectivity index (χ0n) is 8.74. The fourth-order valence-electron chi connectivity index (χ4n) is 0.948. The number of nitrogens with zero attached hydrogens (tertiary/aromatic N) is 1. The lowest BCUT2D eigenvalue weighted by atomic mass is 10.3. The smallest absolute Gasteiger partial charge is 0.340 e. The number of carboxylic acid groups (broad SMARTS) is 1. The number of hydrogen-bond donors (Lipinski definition) is 1. The Morgan fingerprint density at radius 2 is 2.07 bits per heavy atom. The van der Waals surface area contributed by atoms with Gasteiger partial charge in [0, 0.05) is 4.75 Å². The van der Waals surface area contributed by atoms with Crippen molar-refractivity contribution in [3.63, 3.8) is 0 Å². The summed E-state index contributed by atoms with van der Waals surface area (Å²) in [5, 5.41) is 9.09. The Hall–Kier alpha value is -1.10. The molecule has 1 rings (SSSR count). The minimum atomic E-state index is -1.30. The number of hydrogen-bond acceptors (Lipinski definition) is 3. The quantitative estimate of drug-likeness (QED) is 0.625. The number of pyridine rings is 1. The molecular formula is C10H12FNO2S. The van der Waals surface area contributed by atoms with Crippen molar-refractivity contribution in [3.8, 4) is 0 Å². The van der Waals surface area contributed by atoms with Crippen LogP contribution in [0.5, 0.6) is 0 Å². The monoisotopic (exact) mass is 229 g/mol. The van der Waals surface area contributed by atoms with E-state index in [4.69, 9.17) is 5.11 Å². The maximum atomic E-state index is 13.2. The Kier molecular flexibility index (Phi) is 3.34. The van der Waals surface area contributed by atoms with Crippen LogP contribution in [0, 0.1) is 5.95 Å². The fraction of sp³-hybridized carbons (Fsp3) is 0.400. The van der Waals surface area contributed by atoms with Gasteiger partial charge in [-0.25, -0.2) is 9.78 Å². The van der Waals surface area contributed by atoms with Crippen LogP contribution in [0.15, 0.2) is 17.2 Å². The van der Waals surface area contributed by atoms with E-state index in [0.29, 0.717) is 5.03 Å². The normalized spacial score (nSPS) is 11.5. The lowest BCUT2D eigenvalue weighted by Gasteiger charge is -2.16. The number of aromatic nitrogens is 1. The molecule has 0 bridgehead atoms. The van der Waals surface area contributed by atoms with E-state index in [2.05, 4.69) is 4.98 Å². The summed E-state index contributed by atoms with van der Waals surface area (Å²) in [5.74, 6) is -2.23. The summed E-state index contributed by atoms with van der Waals surface area (Å²) in [7, 11) is 0. The molecule has 0 radical (unpaired) electrons. The van der Waals surface area contributed by atoms with Crippen molar-refractivity contribution in [1.29, 1.82) is 0 Å². The topological polar surface area (TPSA) is 50.2 Å². The molecule has 0 aliphatic carbocycles. The summed E-state index contributed by atoms with van der Waals surface area (Å²) < 4.78 is 13.1. The molecule has 1 N–H and O–H groups in total. The second kappa shape index (κ2) is 4.18. The van der Waals surface area contributed by atoms with E-state index in [1.807, 2.05) is 20.8 Å². The minimum Gasteiger partial charge on any atom is -0.478 e. The molecule has 0 aromatic carbocycles. The van der Waals surface area contributed by atoms with Crippen molar-refractivity contribution in [2.75, 3.05) is 0 Å². The maximum Gasteiger partial charge on any atom is 0.340 e. The van der Waals surface area contributed by atoms with E-state index in [-0.39, 0.29) is 4.75 Å². The number of carboxylic acids is 1. The highest BCUT2D eigenvalue weighted by Gasteiger charge is 2.16. The van der Waals surface area contributed by atoms with Gasteiger partial charge in [0.2, 0.25) is 5.95 Å². The summed E-state index contributed by atoms with van der Waals surface area (Å²) in [6.07, 6.45) is 0. The molecule has 5 heteroatoms. The summed E-state index contributed by atoms with van der Waals surface area (Å²) in [4.78, 5) is 14.1. The largest absolute Gasteiger partial charge is 0.478 e. The van der Waals surface area contributed by atoms with Crippen LogP contribution in [-0.2, 0) is 0 Å². The molecule has 3 nitrogen and oxygen atoms in total. The van der Waals surface area contributed by atoms with E-state index >= 15 is 0 Å². The SMILES string of the molecule is CC(C)(C)Sc1ccc(C(=O)O)c(F)n1. The second-order valence-electron chi connectivity index (χ2n) is 4.01. The number of aromatic carboxylic acids is 1. The van der Waals surface area contributed by atoms with Crippen LogP contribution in [0.2, 0.25) is 0 Å². The molecular weight excluding hydrogens is 217 g/mol. The lowest BCUT2D eigenvalue weighted by Crippen LogP contribution is -2.09. The van der Waals surface area contributed by atoms with E-state index in [1.165, 1.54) is 23.9 Å². The number of carbonyl (C=O) groups is 1. The van der Waals surface area contributed by atoms with Crippen LogP contribution in [-0.4, -0.2) is 20.8 Å². The number of rotatable bonds is 2. The summed E-state index contributed by atoms with van der Waals surface area (Å²) in [6, 6.07) is 2.75. The molecule has 0 aliphatic heterocycles. The van der Waals surface area contributed by atoms with Crippen molar-refractivity contribution in [2.24, 2.45) is 0 Å². The second-order valence-corrected chi connectivity index (χ2v) is 5.85. The Bertz CT molecular complexity index is 387. The summed E-state index contributed by atoms with van der Waals surface area (Å²) in [5.41, 5.74) is -0.395. The van der Waals surface area contributed by atoms with Gasteiger partial charge in [-0.2, -0.15) is 4.39 Å². The van der Waals surface area contributed by atoms with Crippen molar-refractivity contribution < 1.29 is 14.3 Å². The third-order valence-electron chi connectivity index (χ3n) is 1.46. The summed E-state index contributed by atoms with van der Waals surface area (Å²) in [6.45, 7) is 5.92. The Labute approximate surface area is 91.7 Å². The molecule has 0 fully saturated rings. The van der Waals surface area contributed by atoms with Gasteiger partial charge in [0.15, 0.2) is 0 Å². The Balaban J connectivity index is 2.97. The standard InChI is InChI=1S/C10H12FNO2S/c1-10(2,3)15-7-5-4-6(9(13)14)8(11)12-7/h4-5H,1-3H3,(H,13,14). The van der Waals surface area contributed by atoms with Gasteiger partial charge in [0.1, 0.15) is 5.56 Å². The van der Waals surface area contributed by atoms with Gasteiger partial charge in [-0.1, -0.05) is 20.8 Å². The van der Waals surface area contributed by atoms with Crippen molar-refractivity contribution in [2.45, 2.75) is 30.5 Å². The Morgan fingerprint density at radius 3 is 2.47 bits per heavy atom. The van der Waals surface area contributed by atoms with E-state index in [9.17, 15) is 9.18 Å². The molecule has 0 unspecified atom stereocenters. The highest BCUT2D eigenvalue weighted by atomic mass is 32.2. The highest BCUT2D eigenvalue weighted by Crippen LogP contribution is 2.30. The van der Waals surface area contributed by atoms with Gasteiger partial charge >= 0.3 is 5.97 Å². The van der Waals surface area contributed by atoms with Gasteiger partial charge in [-0.3, -0.25) is 0 Å². The molecule has 1 aromatic rings. The first kappa shape index (κ1) is 12.0. The first-order valence-corrected chi connectivity index (χ1v) is 5.20. The molecule has 0 spiro atoms. The third-order valence-corrected chi connectivity index (χ3v) is 2.51. The molecule has 1 heterocycles. The van der Waals surface area contributed by atoms with E-state index in [1.54, 1.807) is 0 Å². The average molecular weight is 229 g/mol. The Morgan fingerprint density at radius 1 is 1.47 bits per heavy atom. The van der Waals surface area contributed by atoms with Crippen LogP contribution in [0.1, 0.15) is 31.1 Å². The predicted molar refractivity (Wildman–Crippen MR) is 56.8 cm³/mol. The number of halogens is 1. The van der Waals surface area contributed by atoms with Crippen molar-refractivity contribution >= 4 is 17.7 Å². The van der Waals surface area contributed by atoms with Crippen LogP contribution in [0.3, 0.4) is 0 Å². The highest BCUT2D eigenvalue weighted by molar-refractivity contribution is 8.00. The van der Waals surface area contributed by atoms with Crippen LogP contribution in [0.25, 0.3) is 0 Å². The molecule has 0 aliphatic rings. The third kappa shape index (κ3) is 3.51. The molecule has 15 heavy (non-hydrogen) atoms. The lowest BCUT2D eigenvalue weighted by molar-refractivity contribution is 0.0690. The molecule has 0 saturated carbocycles. The first-order valence-electron chi connectivity index (χ1n) is 4.38. The van der Waals surface area contributed by atoms with Crippen LogP contribution < -0.4 is 0 Å². The molecule has 0 atom stereocenters. The van der Waals surface area contributed by atoms with Gasteiger partial charge in [-0.15, -0.1) is 11.8 Å². The predicted octanol–water partition coefficient (Wildman–Crippen LogP) is 2.81. The maximum absolute atomic E-state index is 13.2. The van der Waals surface area contributed by atoms with Gasteiger partial charge in [-0.05, 0) is 12.1 Å². The van der Waals surface area contributed by atoms with E-state index < -0.39 is 17.5 Å². The van der Waals surface area contributed by atoms with Crippen LogP contribution >= 0.6 is 11.8 Å². The first-order chi connectivity index (χ1) is 6.79. The molecule has 0 amide bonds. The molecule has 1 aromatic heterocycles.